The quantitative estimate of drug-likeness (QED) is 0.358. The van der Waals surface area contributed by atoms with Crippen molar-refractivity contribution in [3.8, 4) is 0 Å². The summed E-state index contributed by atoms with van der Waals surface area (Å²) in [6, 6.07) is 0. The molecule has 0 fully saturated rings. The van der Waals surface area contributed by atoms with Crippen LogP contribution in [0.4, 0.5) is 4.70 Å². The monoisotopic (exact) mass is 231 g/mol. The van der Waals surface area contributed by atoms with Gasteiger partial charge in [-0.1, -0.05) is 97.3 Å². The van der Waals surface area contributed by atoms with Gasteiger partial charge < -0.3 is 0 Å². The van der Waals surface area contributed by atoms with Gasteiger partial charge in [-0.2, -0.15) is 0 Å². The van der Waals surface area contributed by atoms with Crippen LogP contribution in [0.5, 0.6) is 0 Å². The third-order valence-electron chi connectivity index (χ3n) is 3.10. The summed E-state index contributed by atoms with van der Waals surface area (Å²) in [4.78, 5) is 0. The van der Waals surface area contributed by atoms with Gasteiger partial charge in [0.2, 0.25) is 0 Å². The van der Waals surface area contributed by atoms with Crippen LogP contribution in [0.3, 0.4) is 0 Å². The lowest BCUT2D eigenvalue weighted by atomic mass is 10.1. The minimum absolute atomic E-state index is 0. The largest absolute Gasteiger partial charge is 0.269 e. The van der Waals surface area contributed by atoms with Crippen LogP contribution in [0.25, 0.3) is 0 Å². The first kappa shape index (κ1) is 18.3. The lowest BCUT2D eigenvalue weighted by molar-refractivity contribution is 0.545. The third-order valence-corrected chi connectivity index (χ3v) is 3.10. The topological polar surface area (TPSA) is 0 Å². The van der Waals surface area contributed by atoms with E-state index in [0.717, 1.165) is 6.42 Å². The lowest BCUT2D eigenvalue weighted by Crippen LogP contribution is -1.82. The summed E-state index contributed by atoms with van der Waals surface area (Å²) in [6.07, 6.45) is 18.3. The van der Waals surface area contributed by atoms with E-state index in [1.807, 2.05) is 0 Å². The van der Waals surface area contributed by atoms with E-state index in [4.69, 9.17) is 0 Å². The molecular formula is C15H32F. The molecule has 0 rings (SSSR count). The molecule has 0 aromatic heterocycles. The molecule has 0 aromatic rings. The second kappa shape index (κ2) is 17.3. The summed E-state index contributed by atoms with van der Waals surface area (Å²) in [5.41, 5.74) is 0. The Morgan fingerprint density at radius 2 is 0.875 bits per heavy atom. The Morgan fingerprint density at radius 3 is 1.19 bits per heavy atom. The average Bonchev–Trinajstić information content (AvgIpc) is 2.26. The van der Waals surface area contributed by atoms with E-state index < -0.39 is 0 Å². The molecule has 0 aromatic carbocycles. The molecule has 0 heterocycles. The van der Waals surface area contributed by atoms with Gasteiger partial charge in [-0.05, 0) is 0 Å². The van der Waals surface area contributed by atoms with Crippen molar-refractivity contribution >= 4 is 0 Å². The van der Waals surface area contributed by atoms with E-state index >= 15 is 0 Å². The van der Waals surface area contributed by atoms with Crippen LogP contribution in [-0.4, -0.2) is 0 Å². The van der Waals surface area contributed by atoms with E-state index in [1.165, 1.54) is 77.0 Å². The molecule has 0 bridgehead atoms. The Kier molecular flexibility index (Phi) is 19.8. The molecule has 1 heteroatoms. The van der Waals surface area contributed by atoms with E-state index in [1.54, 1.807) is 0 Å². The molecule has 0 atom stereocenters. The van der Waals surface area contributed by atoms with Gasteiger partial charge in [-0.3, -0.25) is 4.70 Å². The maximum atomic E-state index is 3.87. The first-order chi connectivity index (χ1) is 7.41. The molecule has 0 N–H and O–H groups in total. The van der Waals surface area contributed by atoms with Gasteiger partial charge in [0.05, 0.1) is 0 Å². The van der Waals surface area contributed by atoms with Crippen LogP contribution in [0, 0.1) is 6.92 Å². The summed E-state index contributed by atoms with van der Waals surface area (Å²) in [7, 11) is 0. The Labute approximate surface area is 103 Å². The van der Waals surface area contributed by atoms with Crippen molar-refractivity contribution in [1.29, 1.82) is 0 Å². The highest BCUT2D eigenvalue weighted by Gasteiger charge is 1.92. The van der Waals surface area contributed by atoms with Crippen molar-refractivity contribution in [1.82, 2.24) is 0 Å². The number of hydrogen-bond donors (Lipinski definition) is 0. The molecule has 0 aliphatic heterocycles. The molecule has 0 spiro atoms. The first-order valence-electron chi connectivity index (χ1n) is 7.21. The van der Waals surface area contributed by atoms with E-state index in [2.05, 4.69) is 13.8 Å². The highest BCUT2D eigenvalue weighted by atomic mass is 19.0. The average molecular weight is 231 g/mol. The number of rotatable bonds is 12. The molecule has 1 radical (unpaired) electrons. The summed E-state index contributed by atoms with van der Waals surface area (Å²) in [5, 5.41) is 0. The van der Waals surface area contributed by atoms with Crippen LogP contribution in [0.15, 0.2) is 0 Å². The van der Waals surface area contributed by atoms with Crippen LogP contribution in [0.1, 0.15) is 90.4 Å². The van der Waals surface area contributed by atoms with Crippen molar-refractivity contribution < 1.29 is 4.70 Å². The summed E-state index contributed by atoms with van der Waals surface area (Å²) in [6.45, 7) is 6.15. The van der Waals surface area contributed by atoms with Crippen molar-refractivity contribution in [3.05, 3.63) is 6.92 Å². The number of halogens is 1. The fourth-order valence-corrected chi connectivity index (χ4v) is 2.02. The molecule has 0 nitrogen and oxygen atoms in total. The third kappa shape index (κ3) is 16.4. The van der Waals surface area contributed by atoms with Gasteiger partial charge in [0.1, 0.15) is 0 Å². The molecule has 0 aliphatic rings. The molecule has 99 valence electrons. The van der Waals surface area contributed by atoms with Crippen molar-refractivity contribution in [3.63, 3.8) is 0 Å². The van der Waals surface area contributed by atoms with Crippen LogP contribution >= 0.6 is 0 Å². The summed E-state index contributed by atoms with van der Waals surface area (Å²) >= 11 is 0. The maximum Gasteiger partial charge on any atom is -0.0533 e. The highest BCUT2D eigenvalue weighted by molar-refractivity contribution is 4.48. The zero-order valence-electron chi connectivity index (χ0n) is 11.3. The zero-order valence-corrected chi connectivity index (χ0v) is 11.3. The predicted octanol–water partition coefficient (Wildman–Crippen LogP) is 6.06. The minimum Gasteiger partial charge on any atom is -0.269 e. The van der Waals surface area contributed by atoms with Crippen molar-refractivity contribution in [2.24, 2.45) is 0 Å². The molecular weight excluding hydrogens is 199 g/mol. The van der Waals surface area contributed by atoms with Crippen molar-refractivity contribution in [2.45, 2.75) is 90.4 Å². The second-order valence-corrected chi connectivity index (χ2v) is 4.74. The summed E-state index contributed by atoms with van der Waals surface area (Å²) < 4.78 is 0. The van der Waals surface area contributed by atoms with E-state index in [0.29, 0.717) is 0 Å². The van der Waals surface area contributed by atoms with Gasteiger partial charge in [-0.15, -0.1) is 0 Å². The van der Waals surface area contributed by atoms with Gasteiger partial charge in [0, 0.05) is 0 Å². The lowest BCUT2D eigenvalue weighted by Gasteiger charge is -2.01. The Morgan fingerprint density at radius 1 is 0.562 bits per heavy atom. The van der Waals surface area contributed by atoms with Gasteiger partial charge >= 0.3 is 0 Å². The number of hydrogen-bond acceptors (Lipinski definition) is 0. The smallest absolute Gasteiger partial charge is 0.0533 e. The number of unbranched alkanes of at least 4 members (excludes halogenated alkanes) is 12. The Balaban J connectivity index is 0. The van der Waals surface area contributed by atoms with E-state index in [9.17, 15) is 0 Å². The van der Waals surface area contributed by atoms with Gasteiger partial charge in [0.15, 0.2) is 0 Å². The van der Waals surface area contributed by atoms with Gasteiger partial charge in [0.25, 0.3) is 0 Å². The van der Waals surface area contributed by atoms with Crippen LogP contribution in [0.2, 0.25) is 0 Å². The molecule has 0 amide bonds. The molecule has 0 saturated heterocycles. The SMILES string of the molecule is F.[CH2]CCCCCCCCCCCCCC. The second-order valence-electron chi connectivity index (χ2n) is 4.74. The fraction of sp³-hybridized carbons (Fsp3) is 0.933. The Bertz CT molecular complexity index is 89.6. The van der Waals surface area contributed by atoms with Crippen molar-refractivity contribution in [2.75, 3.05) is 0 Å². The minimum atomic E-state index is 0. The fourth-order valence-electron chi connectivity index (χ4n) is 2.02. The molecule has 0 unspecified atom stereocenters. The van der Waals surface area contributed by atoms with Gasteiger partial charge in [-0.25, -0.2) is 0 Å². The zero-order chi connectivity index (χ0) is 11.2. The summed E-state index contributed by atoms with van der Waals surface area (Å²) in [5.74, 6) is 0. The highest BCUT2D eigenvalue weighted by Crippen LogP contribution is 2.12. The molecule has 0 saturated carbocycles. The Hall–Kier alpha value is -0.0700. The van der Waals surface area contributed by atoms with E-state index in [-0.39, 0.29) is 4.70 Å². The predicted molar refractivity (Wildman–Crippen MR) is 73.6 cm³/mol. The standard InChI is InChI=1S/C15H31.FH/c1-3-5-7-9-11-13-15-14-12-10-8-6-4-2;/h1,3-15H2,2H3;1H. The maximum absolute atomic E-state index is 3.87. The molecule has 0 aliphatic carbocycles. The normalized spacial score (nSPS) is 10.1. The first-order valence-corrected chi connectivity index (χ1v) is 7.21. The van der Waals surface area contributed by atoms with Crippen LogP contribution in [-0.2, 0) is 0 Å². The van der Waals surface area contributed by atoms with Crippen LogP contribution < -0.4 is 0 Å². The molecule has 16 heavy (non-hydrogen) atoms.